The molecular formula is C29H39Cl2N5O. The third-order valence-electron chi connectivity index (χ3n) is 7.16. The molecule has 3 N–H and O–H groups in total. The van der Waals surface area contributed by atoms with E-state index in [9.17, 15) is 4.79 Å². The summed E-state index contributed by atoms with van der Waals surface area (Å²) in [5, 5.41) is 11.5. The van der Waals surface area contributed by atoms with E-state index in [0.717, 1.165) is 54.7 Å². The number of benzene rings is 2. The monoisotopic (exact) mass is 543 g/mol. The number of anilines is 1. The number of hydrogen-bond donors (Lipinski definition) is 3. The Balaban J connectivity index is 1.40. The van der Waals surface area contributed by atoms with Crippen LogP contribution in [-0.2, 0) is 11.2 Å². The molecule has 2 aromatic rings. The van der Waals surface area contributed by atoms with Crippen molar-refractivity contribution in [2.45, 2.75) is 71.0 Å². The number of amides is 1. The smallest absolute Gasteiger partial charge is 0.224 e. The van der Waals surface area contributed by atoms with Gasteiger partial charge in [0.05, 0.1) is 5.69 Å². The first-order valence-corrected chi connectivity index (χ1v) is 14.2. The zero-order valence-electron chi connectivity index (χ0n) is 22.1. The number of piperidine rings is 1. The number of carbonyl (C=O) groups is 1. The second-order valence-electron chi connectivity index (χ2n) is 10.7. The van der Waals surface area contributed by atoms with E-state index in [-0.39, 0.29) is 5.91 Å². The fraction of sp³-hybridized carbons (Fsp3) is 0.517. The lowest BCUT2D eigenvalue weighted by Gasteiger charge is -2.39. The van der Waals surface area contributed by atoms with E-state index in [4.69, 9.17) is 28.2 Å². The van der Waals surface area contributed by atoms with E-state index in [1.165, 1.54) is 12.8 Å². The molecule has 37 heavy (non-hydrogen) atoms. The number of aryl methyl sites for hydroxylation is 1. The predicted molar refractivity (Wildman–Crippen MR) is 155 cm³/mol. The minimum absolute atomic E-state index is 0.0515. The molecule has 0 aromatic heterocycles. The largest absolute Gasteiger partial charge is 0.357 e. The summed E-state index contributed by atoms with van der Waals surface area (Å²) in [7, 11) is 0. The molecule has 2 saturated heterocycles. The molecule has 2 fully saturated rings. The molecule has 6 nitrogen and oxygen atoms in total. The third-order valence-corrected chi connectivity index (χ3v) is 7.75. The van der Waals surface area contributed by atoms with Gasteiger partial charge >= 0.3 is 0 Å². The summed E-state index contributed by atoms with van der Waals surface area (Å²) < 4.78 is 0. The van der Waals surface area contributed by atoms with Gasteiger partial charge in [-0.05, 0) is 87.5 Å². The third kappa shape index (κ3) is 8.44. The maximum Gasteiger partial charge on any atom is 0.224 e. The Morgan fingerprint density at radius 1 is 1.05 bits per heavy atom. The van der Waals surface area contributed by atoms with Crippen molar-refractivity contribution in [1.82, 2.24) is 15.5 Å². The number of piperazine rings is 1. The van der Waals surface area contributed by atoms with Crippen LogP contribution < -0.4 is 16.0 Å². The van der Waals surface area contributed by atoms with Gasteiger partial charge in [-0.1, -0.05) is 36.2 Å². The summed E-state index contributed by atoms with van der Waals surface area (Å²) in [5.74, 6) is 1.83. The molecule has 2 heterocycles. The minimum atomic E-state index is -0.0515. The van der Waals surface area contributed by atoms with Crippen molar-refractivity contribution in [2.24, 2.45) is 10.9 Å². The van der Waals surface area contributed by atoms with Crippen LogP contribution >= 0.6 is 23.2 Å². The van der Waals surface area contributed by atoms with Gasteiger partial charge in [0.2, 0.25) is 5.91 Å². The normalized spacial score (nSPS) is 24.7. The summed E-state index contributed by atoms with van der Waals surface area (Å²) >= 11 is 12.2. The fourth-order valence-electron chi connectivity index (χ4n) is 5.20. The molecule has 200 valence electrons. The molecule has 4 rings (SSSR count). The highest BCUT2D eigenvalue weighted by molar-refractivity contribution is 6.35. The molecule has 0 saturated carbocycles. The molecule has 2 unspecified atom stereocenters. The molecule has 0 aliphatic carbocycles. The van der Waals surface area contributed by atoms with Crippen molar-refractivity contribution in [2.75, 3.05) is 25.0 Å². The lowest BCUT2D eigenvalue weighted by atomic mass is 9.94. The minimum Gasteiger partial charge on any atom is -0.357 e. The van der Waals surface area contributed by atoms with Crippen LogP contribution in [0, 0.1) is 5.92 Å². The van der Waals surface area contributed by atoms with E-state index in [1.54, 1.807) is 12.1 Å². The second kappa shape index (κ2) is 13.1. The molecule has 0 radical (unpaired) electrons. The maximum absolute atomic E-state index is 12.5. The Labute approximate surface area is 231 Å². The van der Waals surface area contributed by atoms with Gasteiger partial charge in [-0.15, -0.1) is 0 Å². The molecule has 2 aliphatic rings. The van der Waals surface area contributed by atoms with Gasteiger partial charge in [-0.25, -0.2) is 4.99 Å². The Kier molecular flexibility index (Phi) is 9.88. The topological polar surface area (TPSA) is 68.8 Å². The van der Waals surface area contributed by atoms with Crippen LogP contribution in [0.2, 0.25) is 10.0 Å². The number of aliphatic imine (C=N–C) groups is 1. The van der Waals surface area contributed by atoms with Gasteiger partial charge in [-0.2, -0.15) is 0 Å². The summed E-state index contributed by atoms with van der Waals surface area (Å²) in [4.78, 5) is 20.1. The van der Waals surface area contributed by atoms with E-state index in [0.29, 0.717) is 41.0 Å². The van der Waals surface area contributed by atoms with E-state index in [1.807, 2.05) is 30.3 Å². The SMILES string of the molecule is CC1CCC(CC(=Nc2ccc(NC(=O)CCc3ccc(Cl)cc3Cl)cc2)N2C[C@H](C)N[C@@H](C)C2)NC1. The van der Waals surface area contributed by atoms with Crippen molar-refractivity contribution < 1.29 is 4.79 Å². The van der Waals surface area contributed by atoms with Crippen LogP contribution in [0.1, 0.15) is 52.0 Å². The van der Waals surface area contributed by atoms with Gasteiger partial charge < -0.3 is 20.9 Å². The van der Waals surface area contributed by atoms with E-state index in [2.05, 4.69) is 41.6 Å². The first kappa shape index (κ1) is 27.9. The number of rotatable bonds is 7. The van der Waals surface area contributed by atoms with Crippen LogP contribution in [0.15, 0.2) is 47.5 Å². The highest BCUT2D eigenvalue weighted by Gasteiger charge is 2.27. The van der Waals surface area contributed by atoms with Crippen LogP contribution in [-0.4, -0.2) is 54.4 Å². The second-order valence-corrected chi connectivity index (χ2v) is 11.6. The Bertz CT molecular complexity index is 1070. The Hall–Kier alpha value is -2.12. The summed E-state index contributed by atoms with van der Waals surface area (Å²) in [6.07, 6.45) is 4.28. The van der Waals surface area contributed by atoms with Gasteiger partial charge in [0, 0.05) is 59.8 Å². The number of amidine groups is 1. The van der Waals surface area contributed by atoms with E-state index < -0.39 is 0 Å². The fourth-order valence-corrected chi connectivity index (χ4v) is 5.70. The van der Waals surface area contributed by atoms with Crippen LogP contribution in [0.25, 0.3) is 0 Å². The molecule has 2 aliphatic heterocycles. The number of nitrogens with one attached hydrogen (secondary N) is 3. The summed E-state index contributed by atoms with van der Waals surface area (Å²) in [6, 6.07) is 14.5. The summed E-state index contributed by atoms with van der Waals surface area (Å²) in [6.45, 7) is 9.77. The van der Waals surface area contributed by atoms with Crippen molar-refractivity contribution in [1.29, 1.82) is 0 Å². The number of nitrogens with zero attached hydrogens (tertiary/aromatic N) is 2. The van der Waals surface area contributed by atoms with Crippen LogP contribution in [0.5, 0.6) is 0 Å². The molecule has 8 heteroatoms. The molecular weight excluding hydrogens is 505 g/mol. The number of hydrogen-bond acceptors (Lipinski definition) is 4. The van der Waals surface area contributed by atoms with Gasteiger partial charge in [-0.3, -0.25) is 4.79 Å². The summed E-state index contributed by atoms with van der Waals surface area (Å²) in [5.41, 5.74) is 2.58. The average molecular weight is 545 g/mol. The lowest BCUT2D eigenvalue weighted by Crippen LogP contribution is -2.56. The first-order chi connectivity index (χ1) is 17.7. The average Bonchev–Trinajstić information content (AvgIpc) is 2.85. The highest BCUT2D eigenvalue weighted by atomic mass is 35.5. The van der Waals surface area contributed by atoms with Crippen molar-refractivity contribution in [3.63, 3.8) is 0 Å². The zero-order valence-corrected chi connectivity index (χ0v) is 23.6. The predicted octanol–water partition coefficient (Wildman–Crippen LogP) is 6.06. The Morgan fingerprint density at radius 3 is 2.43 bits per heavy atom. The van der Waals surface area contributed by atoms with Crippen molar-refractivity contribution in [3.05, 3.63) is 58.1 Å². The van der Waals surface area contributed by atoms with Gasteiger partial charge in [0.15, 0.2) is 0 Å². The molecule has 0 spiro atoms. The molecule has 4 atom stereocenters. The molecule has 1 amide bonds. The first-order valence-electron chi connectivity index (χ1n) is 13.4. The number of halogens is 2. The molecule has 2 aromatic carbocycles. The van der Waals surface area contributed by atoms with Gasteiger partial charge in [0.1, 0.15) is 5.84 Å². The van der Waals surface area contributed by atoms with Crippen LogP contribution in [0.4, 0.5) is 11.4 Å². The van der Waals surface area contributed by atoms with Crippen molar-refractivity contribution in [3.8, 4) is 0 Å². The van der Waals surface area contributed by atoms with Gasteiger partial charge in [0.25, 0.3) is 0 Å². The quantitative estimate of drug-likeness (QED) is 0.293. The molecule has 0 bridgehead atoms. The standard InChI is InChI=1S/C29H39Cl2N5O/c1-19-4-8-26(32-16-19)15-28(36-17-20(2)33-21(3)18-36)34-24-9-11-25(12-10-24)35-29(37)13-6-22-5-7-23(30)14-27(22)31/h5,7,9-12,14,19-21,26,32-33H,4,6,8,13,15-18H2,1-3H3,(H,35,37)/t19?,20-,21-,26?/m0/s1. The Morgan fingerprint density at radius 2 is 1.78 bits per heavy atom. The highest BCUT2D eigenvalue weighted by Crippen LogP contribution is 2.24. The zero-order chi connectivity index (χ0) is 26.4. The van der Waals surface area contributed by atoms with Crippen molar-refractivity contribution >= 4 is 46.3 Å². The van der Waals surface area contributed by atoms with Crippen LogP contribution in [0.3, 0.4) is 0 Å². The lowest BCUT2D eigenvalue weighted by molar-refractivity contribution is -0.116. The number of carbonyl (C=O) groups excluding carboxylic acids is 1. The maximum atomic E-state index is 12.5. The van der Waals surface area contributed by atoms with E-state index >= 15 is 0 Å².